The van der Waals surface area contributed by atoms with Crippen molar-refractivity contribution in [3.05, 3.63) is 49.9 Å². The van der Waals surface area contributed by atoms with Crippen molar-refractivity contribution in [3.8, 4) is 5.75 Å². The number of rotatable bonds is 1. The zero-order valence-corrected chi connectivity index (χ0v) is 12.5. The number of ether oxygens (including phenoxy) is 1. The molecule has 0 bridgehead atoms. The fourth-order valence-corrected chi connectivity index (χ4v) is 3.69. The summed E-state index contributed by atoms with van der Waals surface area (Å²) in [6.07, 6.45) is -0.0258. The van der Waals surface area contributed by atoms with Gasteiger partial charge in [-0.05, 0) is 41.1 Å². The highest BCUT2D eigenvalue weighted by molar-refractivity contribution is 9.10. The van der Waals surface area contributed by atoms with E-state index in [-0.39, 0.29) is 11.9 Å². The number of Topliss-reactive ketones (excluding diaryl/α,β-unsaturated/α-hetero) is 1. The number of aryl methyl sites for hydroxylation is 1. The summed E-state index contributed by atoms with van der Waals surface area (Å²) in [5.74, 6) is -0.0624. The van der Waals surface area contributed by atoms with Gasteiger partial charge < -0.3 is 4.74 Å². The number of fused-ring (bicyclic) bond motifs is 1. The highest BCUT2D eigenvalue weighted by Gasteiger charge is 2.29. The molecule has 1 unspecified atom stereocenters. The lowest BCUT2D eigenvalue weighted by Crippen LogP contribution is -2.19. The van der Waals surface area contributed by atoms with E-state index in [1.54, 1.807) is 11.3 Å². The van der Waals surface area contributed by atoms with E-state index in [9.17, 15) is 9.18 Å². The van der Waals surface area contributed by atoms with E-state index in [2.05, 4.69) is 15.9 Å². The maximum absolute atomic E-state index is 13.2. The lowest BCUT2D eigenvalue weighted by molar-refractivity contribution is 0.0853. The monoisotopic (exact) mass is 340 g/mol. The molecule has 0 spiro atoms. The van der Waals surface area contributed by atoms with Crippen molar-refractivity contribution in [3.63, 3.8) is 0 Å². The van der Waals surface area contributed by atoms with Crippen LogP contribution in [-0.2, 0) is 0 Å². The van der Waals surface area contributed by atoms with Gasteiger partial charge in [-0.2, -0.15) is 0 Å². The van der Waals surface area contributed by atoms with Crippen LogP contribution in [0.3, 0.4) is 0 Å². The quantitative estimate of drug-likeness (QED) is 0.754. The van der Waals surface area contributed by atoms with Gasteiger partial charge in [0.15, 0.2) is 5.78 Å². The van der Waals surface area contributed by atoms with Gasteiger partial charge in [0.1, 0.15) is 17.7 Å². The Hall–Kier alpha value is -1.20. The van der Waals surface area contributed by atoms with Crippen LogP contribution < -0.4 is 4.74 Å². The van der Waals surface area contributed by atoms with Gasteiger partial charge in [-0.3, -0.25) is 4.79 Å². The van der Waals surface area contributed by atoms with Gasteiger partial charge in [-0.1, -0.05) is 0 Å². The summed E-state index contributed by atoms with van der Waals surface area (Å²) in [7, 11) is 0. The van der Waals surface area contributed by atoms with Crippen molar-refractivity contribution in [2.75, 3.05) is 0 Å². The molecule has 1 atom stereocenters. The lowest BCUT2D eigenvalue weighted by Gasteiger charge is -2.24. The highest BCUT2D eigenvalue weighted by atomic mass is 79.9. The smallest absolute Gasteiger partial charge is 0.170 e. The maximum atomic E-state index is 13.2. The third kappa shape index (κ3) is 2.32. The molecule has 2 heterocycles. The fraction of sp³-hybridized carbons (Fsp3) is 0.214. The molecule has 19 heavy (non-hydrogen) atoms. The first-order valence-electron chi connectivity index (χ1n) is 5.80. The van der Waals surface area contributed by atoms with E-state index in [0.717, 1.165) is 14.2 Å². The average Bonchev–Trinajstić information content (AvgIpc) is 2.69. The van der Waals surface area contributed by atoms with Crippen LogP contribution >= 0.6 is 27.3 Å². The van der Waals surface area contributed by atoms with Crippen molar-refractivity contribution >= 4 is 33.0 Å². The summed E-state index contributed by atoms with van der Waals surface area (Å²) in [5.41, 5.74) is 0.463. The van der Waals surface area contributed by atoms with Gasteiger partial charge >= 0.3 is 0 Å². The van der Waals surface area contributed by atoms with Crippen LogP contribution in [0.4, 0.5) is 4.39 Å². The van der Waals surface area contributed by atoms with Crippen LogP contribution in [0.15, 0.2) is 28.7 Å². The predicted molar refractivity (Wildman–Crippen MR) is 75.5 cm³/mol. The van der Waals surface area contributed by atoms with E-state index in [0.29, 0.717) is 17.7 Å². The van der Waals surface area contributed by atoms with Gasteiger partial charge in [-0.15, -0.1) is 11.3 Å². The van der Waals surface area contributed by atoms with Gasteiger partial charge in [0.2, 0.25) is 0 Å². The Balaban J connectivity index is 1.98. The maximum Gasteiger partial charge on any atom is 0.170 e. The minimum Gasteiger partial charge on any atom is -0.484 e. The largest absolute Gasteiger partial charge is 0.484 e. The first-order valence-corrected chi connectivity index (χ1v) is 7.41. The number of halogens is 2. The van der Waals surface area contributed by atoms with Crippen LogP contribution in [0.25, 0.3) is 0 Å². The van der Waals surface area contributed by atoms with Gasteiger partial charge in [0, 0.05) is 20.3 Å². The molecular formula is C14H10BrFO2S. The molecule has 3 rings (SSSR count). The standard InChI is InChI=1S/C14H10BrFO2S/c1-7-10(15)5-14(19-7)13-6-11(17)9-3-2-8(16)4-12(9)18-13/h2-5,13H,6H2,1H3. The molecule has 0 fully saturated rings. The van der Waals surface area contributed by atoms with E-state index in [1.165, 1.54) is 18.2 Å². The number of benzene rings is 1. The molecule has 0 N–H and O–H groups in total. The molecule has 0 saturated carbocycles. The molecule has 0 saturated heterocycles. The minimum absolute atomic E-state index is 0.00609. The molecule has 0 amide bonds. The summed E-state index contributed by atoms with van der Waals surface area (Å²) < 4.78 is 20.0. The molecule has 98 valence electrons. The normalized spacial score (nSPS) is 18.1. The Labute approximate surface area is 122 Å². The predicted octanol–water partition coefficient (Wildman–Crippen LogP) is 4.66. The summed E-state index contributed by atoms with van der Waals surface area (Å²) in [4.78, 5) is 14.2. The molecule has 5 heteroatoms. The Bertz CT molecular complexity index is 646. The number of thiophene rings is 1. The van der Waals surface area contributed by atoms with Gasteiger partial charge in [0.05, 0.1) is 12.0 Å². The number of hydrogen-bond acceptors (Lipinski definition) is 3. The molecular weight excluding hydrogens is 331 g/mol. The van der Waals surface area contributed by atoms with Crippen molar-refractivity contribution in [1.82, 2.24) is 0 Å². The van der Waals surface area contributed by atoms with E-state index < -0.39 is 5.82 Å². The van der Waals surface area contributed by atoms with Gasteiger partial charge in [0.25, 0.3) is 0 Å². The van der Waals surface area contributed by atoms with Crippen LogP contribution in [0.2, 0.25) is 0 Å². The first-order chi connectivity index (χ1) is 9.04. The molecule has 1 aromatic heterocycles. The number of carbonyl (C=O) groups excluding carboxylic acids is 1. The molecule has 0 aliphatic carbocycles. The third-order valence-electron chi connectivity index (χ3n) is 3.08. The Kier molecular flexibility index (Phi) is 3.19. The van der Waals surface area contributed by atoms with Crippen molar-refractivity contribution in [1.29, 1.82) is 0 Å². The molecule has 1 aromatic carbocycles. The first kappa shape index (κ1) is 12.8. The van der Waals surface area contributed by atoms with E-state index in [4.69, 9.17) is 4.74 Å². The van der Waals surface area contributed by atoms with Gasteiger partial charge in [-0.25, -0.2) is 4.39 Å². The lowest BCUT2D eigenvalue weighted by atomic mass is 10.00. The Morgan fingerprint density at radius 1 is 1.42 bits per heavy atom. The zero-order chi connectivity index (χ0) is 13.6. The molecule has 2 aromatic rings. The number of ketones is 1. The second-order valence-electron chi connectivity index (χ2n) is 4.43. The fourth-order valence-electron chi connectivity index (χ4n) is 2.10. The minimum atomic E-state index is -0.393. The van der Waals surface area contributed by atoms with Crippen molar-refractivity contribution in [2.45, 2.75) is 19.4 Å². The SMILES string of the molecule is Cc1sc(C2CC(=O)c3ccc(F)cc3O2)cc1Br. The molecule has 1 aliphatic heterocycles. The second-order valence-corrected chi connectivity index (χ2v) is 6.57. The van der Waals surface area contributed by atoms with Crippen LogP contribution in [0.5, 0.6) is 5.75 Å². The highest BCUT2D eigenvalue weighted by Crippen LogP contribution is 2.39. The third-order valence-corrected chi connectivity index (χ3v) is 5.31. The Morgan fingerprint density at radius 3 is 2.89 bits per heavy atom. The van der Waals surface area contributed by atoms with Crippen LogP contribution in [0, 0.1) is 12.7 Å². The number of hydrogen-bond donors (Lipinski definition) is 0. The summed E-state index contributed by atoms with van der Waals surface area (Å²) >= 11 is 5.03. The molecule has 1 aliphatic rings. The van der Waals surface area contributed by atoms with Crippen LogP contribution in [0.1, 0.15) is 32.6 Å². The topological polar surface area (TPSA) is 26.3 Å². The Morgan fingerprint density at radius 2 is 2.21 bits per heavy atom. The summed E-state index contributed by atoms with van der Waals surface area (Å²) in [6, 6.07) is 6.00. The molecule has 2 nitrogen and oxygen atoms in total. The second kappa shape index (κ2) is 4.72. The molecule has 0 radical (unpaired) electrons. The summed E-state index contributed by atoms with van der Waals surface area (Å²) in [6.45, 7) is 2.00. The zero-order valence-electron chi connectivity index (χ0n) is 10.1. The van der Waals surface area contributed by atoms with Crippen LogP contribution in [-0.4, -0.2) is 5.78 Å². The number of carbonyl (C=O) groups is 1. The average molecular weight is 341 g/mol. The van der Waals surface area contributed by atoms with E-state index >= 15 is 0 Å². The summed E-state index contributed by atoms with van der Waals surface area (Å²) in [5, 5.41) is 0. The van der Waals surface area contributed by atoms with Crippen molar-refractivity contribution in [2.24, 2.45) is 0 Å². The van der Waals surface area contributed by atoms with E-state index in [1.807, 2.05) is 13.0 Å². The van der Waals surface area contributed by atoms with Crippen molar-refractivity contribution < 1.29 is 13.9 Å².